The summed E-state index contributed by atoms with van der Waals surface area (Å²) in [6.07, 6.45) is 3.21. The summed E-state index contributed by atoms with van der Waals surface area (Å²) in [6.45, 7) is 3.53. The Balaban J connectivity index is 2.82. The summed E-state index contributed by atoms with van der Waals surface area (Å²) >= 11 is 0. The Kier molecular flexibility index (Phi) is 1.30. The second-order valence-corrected chi connectivity index (χ2v) is 1.68. The van der Waals surface area contributed by atoms with Crippen molar-refractivity contribution in [3.05, 3.63) is 24.7 Å². The van der Waals surface area contributed by atoms with E-state index in [1.54, 1.807) is 12.3 Å². The van der Waals surface area contributed by atoms with E-state index < -0.39 is 0 Å². The summed E-state index contributed by atoms with van der Waals surface area (Å²) in [4.78, 5) is 5.08. The fraction of sp³-hybridized carbons (Fsp3) is 0. The van der Waals surface area contributed by atoms with Gasteiger partial charge in [-0.25, -0.2) is 4.99 Å². The minimum Gasteiger partial charge on any atom is -0.389 e. The van der Waals surface area contributed by atoms with Crippen molar-refractivity contribution in [1.29, 1.82) is 0 Å². The lowest BCUT2D eigenvalue weighted by molar-refractivity contribution is 0.729. The fourth-order valence-corrected chi connectivity index (χ4v) is 0.487. The first-order valence-corrected chi connectivity index (χ1v) is 2.45. The summed E-state index contributed by atoms with van der Waals surface area (Å²) in [6, 6.07) is 0. The number of hydrogen-bond donors (Lipinski definition) is 1. The molecule has 1 rings (SSSR count). The van der Waals surface area contributed by atoms with Crippen molar-refractivity contribution in [2.24, 2.45) is 10.7 Å². The molecule has 0 spiro atoms. The van der Waals surface area contributed by atoms with Gasteiger partial charge in [0.05, 0.1) is 0 Å². The maximum atomic E-state index is 5.32. The zero-order valence-corrected chi connectivity index (χ0v) is 4.91. The highest BCUT2D eigenvalue weighted by molar-refractivity contribution is 6.08. The molecule has 0 saturated heterocycles. The van der Waals surface area contributed by atoms with E-state index in [0.717, 1.165) is 0 Å². The maximum absolute atomic E-state index is 5.32. The molecule has 0 fully saturated rings. The maximum Gasteiger partial charge on any atom is 0.236 e. The Hall–Kier alpha value is -1.19. The SMILES string of the molecule is [B]N1C=CC(N)=NC1=C. The summed E-state index contributed by atoms with van der Waals surface area (Å²) in [5.41, 5.74) is 5.31. The van der Waals surface area contributed by atoms with Gasteiger partial charge in [-0.1, -0.05) is 6.58 Å². The van der Waals surface area contributed by atoms with E-state index in [2.05, 4.69) is 11.6 Å². The van der Waals surface area contributed by atoms with Crippen LogP contribution >= 0.6 is 0 Å². The third kappa shape index (κ3) is 1.13. The lowest BCUT2D eigenvalue weighted by Gasteiger charge is -2.17. The van der Waals surface area contributed by atoms with Crippen molar-refractivity contribution in [2.75, 3.05) is 0 Å². The second-order valence-electron chi connectivity index (χ2n) is 1.68. The molecule has 1 heterocycles. The number of amidine groups is 1. The second kappa shape index (κ2) is 1.97. The molecule has 0 aromatic heterocycles. The molecule has 0 aromatic rings. The summed E-state index contributed by atoms with van der Waals surface area (Å²) < 4.78 is 0. The highest BCUT2D eigenvalue weighted by Crippen LogP contribution is 2.03. The van der Waals surface area contributed by atoms with Crippen molar-refractivity contribution in [2.45, 2.75) is 0 Å². The van der Waals surface area contributed by atoms with Crippen molar-refractivity contribution in [1.82, 2.24) is 4.81 Å². The van der Waals surface area contributed by atoms with Gasteiger partial charge in [-0.3, -0.25) is 0 Å². The Morgan fingerprint density at radius 3 is 2.89 bits per heavy atom. The van der Waals surface area contributed by atoms with Crippen LogP contribution in [0.5, 0.6) is 0 Å². The molecule has 0 aliphatic carbocycles. The molecular formula is C5H6BN3. The molecule has 0 saturated carbocycles. The van der Waals surface area contributed by atoms with Crippen molar-refractivity contribution < 1.29 is 0 Å². The quantitative estimate of drug-likeness (QED) is 0.446. The smallest absolute Gasteiger partial charge is 0.236 e. The first-order valence-electron chi connectivity index (χ1n) is 2.45. The van der Waals surface area contributed by atoms with Crippen LogP contribution < -0.4 is 5.73 Å². The van der Waals surface area contributed by atoms with E-state index in [1.165, 1.54) is 4.81 Å². The van der Waals surface area contributed by atoms with Gasteiger partial charge >= 0.3 is 0 Å². The van der Waals surface area contributed by atoms with E-state index in [0.29, 0.717) is 11.7 Å². The van der Waals surface area contributed by atoms with Crippen LogP contribution in [0.2, 0.25) is 0 Å². The molecule has 3 nitrogen and oxygen atoms in total. The number of nitrogens with zero attached hydrogens (tertiary/aromatic N) is 2. The van der Waals surface area contributed by atoms with Crippen LogP contribution in [0.25, 0.3) is 0 Å². The monoisotopic (exact) mass is 119 g/mol. The Morgan fingerprint density at radius 2 is 2.44 bits per heavy atom. The average Bonchev–Trinajstić information content (AvgIpc) is 1.80. The molecule has 2 radical (unpaired) electrons. The molecule has 44 valence electrons. The van der Waals surface area contributed by atoms with Crippen LogP contribution in [0.15, 0.2) is 29.7 Å². The lowest BCUT2D eigenvalue weighted by Crippen LogP contribution is -2.20. The normalized spacial score (nSPS) is 18.0. The van der Waals surface area contributed by atoms with Crippen LogP contribution in [0.3, 0.4) is 0 Å². The topological polar surface area (TPSA) is 41.6 Å². The minimum atomic E-state index is 0.432. The highest BCUT2D eigenvalue weighted by atomic mass is 15.2. The molecule has 9 heavy (non-hydrogen) atoms. The van der Waals surface area contributed by atoms with Gasteiger partial charge in [0.2, 0.25) is 7.98 Å². The first kappa shape index (κ1) is 5.94. The number of nitrogens with two attached hydrogens (primary N) is 1. The first-order chi connectivity index (χ1) is 4.20. The predicted molar refractivity (Wildman–Crippen MR) is 37.5 cm³/mol. The molecule has 1 aliphatic heterocycles. The van der Waals surface area contributed by atoms with Gasteiger partial charge in [0.25, 0.3) is 0 Å². The number of rotatable bonds is 0. The van der Waals surface area contributed by atoms with E-state index >= 15 is 0 Å². The molecule has 2 N–H and O–H groups in total. The van der Waals surface area contributed by atoms with Gasteiger partial charge in [0, 0.05) is 0 Å². The lowest BCUT2D eigenvalue weighted by atomic mass is 10.3. The van der Waals surface area contributed by atoms with Gasteiger partial charge in [0.1, 0.15) is 11.7 Å². The average molecular weight is 119 g/mol. The van der Waals surface area contributed by atoms with E-state index in [4.69, 9.17) is 13.7 Å². The van der Waals surface area contributed by atoms with Crippen molar-refractivity contribution in [3.63, 3.8) is 0 Å². The van der Waals surface area contributed by atoms with E-state index in [-0.39, 0.29) is 0 Å². The molecule has 0 bridgehead atoms. The van der Waals surface area contributed by atoms with Gasteiger partial charge in [-0.05, 0) is 12.3 Å². The zero-order valence-electron chi connectivity index (χ0n) is 4.91. The van der Waals surface area contributed by atoms with E-state index in [9.17, 15) is 0 Å². The third-order valence-electron chi connectivity index (χ3n) is 0.962. The molecule has 0 unspecified atom stereocenters. The summed E-state index contributed by atoms with van der Waals surface area (Å²) in [5, 5.41) is 0. The van der Waals surface area contributed by atoms with Crippen LogP contribution in [0.1, 0.15) is 0 Å². The standard InChI is InChI=1S/C5H6BN3/c1-4-8-5(7)2-3-9(4)6/h2-3H,1H2,(H2,7,8). The summed E-state index contributed by atoms with van der Waals surface area (Å²) in [7, 11) is 5.32. The predicted octanol–water partition coefficient (Wildman–Crippen LogP) is -0.272. The Labute approximate surface area is 55.0 Å². The van der Waals surface area contributed by atoms with Crippen LogP contribution in [0, 0.1) is 0 Å². The minimum absolute atomic E-state index is 0.432. The van der Waals surface area contributed by atoms with Crippen LogP contribution in [-0.4, -0.2) is 18.6 Å². The summed E-state index contributed by atoms with van der Waals surface area (Å²) in [5.74, 6) is 0.886. The molecular weight excluding hydrogens is 113 g/mol. The number of hydrogen-bond acceptors (Lipinski definition) is 3. The van der Waals surface area contributed by atoms with Gasteiger partial charge in [-0.15, -0.1) is 0 Å². The number of aliphatic imine (C=N–C) groups is 1. The largest absolute Gasteiger partial charge is 0.389 e. The van der Waals surface area contributed by atoms with Crippen LogP contribution in [-0.2, 0) is 0 Å². The van der Waals surface area contributed by atoms with Gasteiger partial charge in [0.15, 0.2) is 0 Å². The molecule has 0 amide bonds. The fourth-order valence-electron chi connectivity index (χ4n) is 0.487. The Bertz CT molecular complexity index is 194. The third-order valence-corrected chi connectivity index (χ3v) is 0.962. The highest BCUT2D eigenvalue weighted by Gasteiger charge is 2.00. The Morgan fingerprint density at radius 1 is 1.78 bits per heavy atom. The van der Waals surface area contributed by atoms with E-state index in [1.807, 2.05) is 0 Å². The molecule has 1 aliphatic rings. The van der Waals surface area contributed by atoms with Crippen molar-refractivity contribution in [3.8, 4) is 0 Å². The van der Waals surface area contributed by atoms with Gasteiger partial charge in [-0.2, -0.15) is 0 Å². The van der Waals surface area contributed by atoms with Gasteiger partial charge < -0.3 is 10.5 Å². The molecule has 0 atom stereocenters. The van der Waals surface area contributed by atoms with Crippen LogP contribution in [0.4, 0.5) is 0 Å². The molecule has 0 aromatic carbocycles. The van der Waals surface area contributed by atoms with Crippen molar-refractivity contribution >= 4 is 13.8 Å². The molecule has 4 heteroatoms. The zero-order chi connectivity index (χ0) is 6.85.